The molecule has 0 aliphatic heterocycles. The molecule has 3 rings (SSSR count). The van der Waals surface area contributed by atoms with E-state index in [1.807, 2.05) is 20.8 Å². The Balaban J connectivity index is 0.000000847. The molecule has 2 heterocycles. The topological polar surface area (TPSA) is 56.7 Å². The first kappa shape index (κ1) is 16.4. The summed E-state index contributed by atoms with van der Waals surface area (Å²) in [4.78, 5) is 0. The lowest BCUT2D eigenvalue weighted by atomic mass is 9.99. The Morgan fingerprint density at radius 2 is 2.05 bits per heavy atom. The number of alkyl halides is 1. The number of aromatic nitrogens is 4. The van der Waals surface area contributed by atoms with E-state index in [4.69, 9.17) is 4.42 Å². The van der Waals surface area contributed by atoms with Gasteiger partial charge in [0.1, 0.15) is 11.9 Å². The van der Waals surface area contributed by atoms with E-state index in [2.05, 4.69) is 21.9 Å². The van der Waals surface area contributed by atoms with Crippen LogP contribution >= 0.6 is 0 Å². The average Bonchev–Trinajstić information content (AvgIpc) is 2.98. The van der Waals surface area contributed by atoms with Crippen molar-refractivity contribution in [2.45, 2.75) is 52.1 Å². The summed E-state index contributed by atoms with van der Waals surface area (Å²) in [5.41, 5.74) is 1.87. The summed E-state index contributed by atoms with van der Waals surface area (Å²) in [7, 11) is 1.70. The van der Waals surface area contributed by atoms with E-state index in [0.717, 1.165) is 18.4 Å². The van der Waals surface area contributed by atoms with Crippen LogP contribution in [-0.4, -0.2) is 20.0 Å². The van der Waals surface area contributed by atoms with Gasteiger partial charge < -0.3 is 4.42 Å². The number of hydrogen-bond donors (Lipinski definition) is 0. The van der Waals surface area contributed by atoms with Crippen LogP contribution in [-0.2, 0) is 12.5 Å². The molecule has 0 saturated heterocycles. The number of nitrogens with zero attached hydrogens (tertiary/aromatic N) is 4. The van der Waals surface area contributed by atoms with E-state index >= 15 is 0 Å². The maximum absolute atomic E-state index is 13.4. The SMILES string of the molecule is C=C(C)C1(c2nnc(-c3cc(C(C)F)n(C)n3)o2)CC1.CC. The molecule has 0 spiro atoms. The first-order valence-electron chi connectivity index (χ1n) is 7.62. The third kappa shape index (κ3) is 2.69. The summed E-state index contributed by atoms with van der Waals surface area (Å²) in [6.07, 6.45) is 0.881. The normalized spacial score (nSPS) is 16.6. The first-order chi connectivity index (χ1) is 10.4. The van der Waals surface area contributed by atoms with Gasteiger partial charge >= 0.3 is 0 Å². The number of allylic oxidation sites excluding steroid dienone is 1. The summed E-state index contributed by atoms with van der Waals surface area (Å²) in [5.74, 6) is 0.913. The molecular formula is C16H23FN4O. The maximum Gasteiger partial charge on any atom is 0.268 e. The van der Waals surface area contributed by atoms with Crippen molar-refractivity contribution in [2.75, 3.05) is 0 Å². The molecule has 0 N–H and O–H groups in total. The highest BCUT2D eigenvalue weighted by Crippen LogP contribution is 2.52. The van der Waals surface area contributed by atoms with Crippen LogP contribution in [0.4, 0.5) is 4.39 Å². The fourth-order valence-corrected chi connectivity index (χ4v) is 2.43. The van der Waals surface area contributed by atoms with Crippen LogP contribution in [0, 0.1) is 0 Å². The van der Waals surface area contributed by atoms with Crippen molar-refractivity contribution in [3.05, 3.63) is 29.8 Å². The number of aryl methyl sites for hydroxylation is 1. The van der Waals surface area contributed by atoms with E-state index in [0.29, 0.717) is 23.2 Å². The second kappa shape index (κ2) is 6.02. The lowest BCUT2D eigenvalue weighted by Crippen LogP contribution is -2.07. The Kier molecular flexibility index (Phi) is 4.49. The number of halogens is 1. The molecule has 0 amide bonds. The molecule has 6 heteroatoms. The van der Waals surface area contributed by atoms with E-state index in [1.54, 1.807) is 13.1 Å². The van der Waals surface area contributed by atoms with Crippen LogP contribution in [0.5, 0.6) is 0 Å². The molecule has 120 valence electrons. The summed E-state index contributed by atoms with van der Waals surface area (Å²) in [6, 6.07) is 1.64. The third-order valence-electron chi connectivity index (χ3n) is 3.94. The summed E-state index contributed by atoms with van der Waals surface area (Å²) < 4.78 is 20.6. The molecular weight excluding hydrogens is 283 g/mol. The Morgan fingerprint density at radius 3 is 2.50 bits per heavy atom. The molecule has 1 fully saturated rings. The number of rotatable bonds is 4. The van der Waals surface area contributed by atoms with Gasteiger partial charge in [0, 0.05) is 7.05 Å². The van der Waals surface area contributed by atoms with Gasteiger partial charge in [-0.05, 0) is 32.8 Å². The predicted octanol–water partition coefficient (Wildman–Crippen LogP) is 4.13. The van der Waals surface area contributed by atoms with Crippen LogP contribution in [0.25, 0.3) is 11.6 Å². The minimum absolute atomic E-state index is 0.157. The predicted molar refractivity (Wildman–Crippen MR) is 83.1 cm³/mol. The average molecular weight is 306 g/mol. The van der Waals surface area contributed by atoms with Crippen molar-refractivity contribution < 1.29 is 8.81 Å². The van der Waals surface area contributed by atoms with Crippen LogP contribution in [0.2, 0.25) is 0 Å². The largest absolute Gasteiger partial charge is 0.418 e. The van der Waals surface area contributed by atoms with Gasteiger partial charge in [-0.1, -0.05) is 26.0 Å². The maximum atomic E-state index is 13.4. The summed E-state index contributed by atoms with van der Waals surface area (Å²) in [6.45, 7) is 11.4. The minimum Gasteiger partial charge on any atom is -0.418 e. The Labute approximate surface area is 130 Å². The zero-order chi connectivity index (χ0) is 16.5. The van der Waals surface area contributed by atoms with Gasteiger partial charge in [-0.2, -0.15) is 5.10 Å². The lowest BCUT2D eigenvalue weighted by Gasteiger charge is -2.08. The second-order valence-corrected chi connectivity index (χ2v) is 5.47. The van der Waals surface area contributed by atoms with E-state index < -0.39 is 6.17 Å². The van der Waals surface area contributed by atoms with E-state index in [9.17, 15) is 4.39 Å². The van der Waals surface area contributed by atoms with Crippen LogP contribution in [0.3, 0.4) is 0 Å². The Morgan fingerprint density at radius 1 is 1.41 bits per heavy atom. The van der Waals surface area contributed by atoms with Crippen LogP contribution in [0.1, 0.15) is 58.3 Å². The lowest BCUT2D eigenvalue weighted by molar-refractivity contribution is 0.353. The third-order valence-corrected chi connectivity index (χ3v) is 3.94. The smallest absolute Gasteiger partial charge is 0.268 e. The van der Waals surface area contributed by atoms with Gasteiger partial charge in [0.15, 0.2) is 0 Å². The minimum atomic E-state index is -1.09. The molecule has 0 radical (unpaired) electrons. The molecule has 1 unspecified atom stereocenters. The highest BCUT2D eigenvalue weighted by molar-refractivity contribution is 5.47. The van der Waals surface area contributed by atoms with E-state index in [-0.39, 0.29) is 5.41 Å². The van der Waals surface area contributed by atoms with Crippen molar-refractivity contribution in [3.8, 4) is 11.6 Å². The molecule has 0 aromatic carbocycles. The Hall–Kier alpha value is -1.98. The zero-order valence-electron chi connectivity index (χ0n) is 13.9. The highest BCUT2D eigenvalue weighted by atomic mass is 19.1. The van der Waals surface area contributed by atoms with Gasteiger partial charge in [0.05, 0.1) is 11.1 Å². The van der Waals surface area contributed by atoms with Gasteiger partial charge in [0.2, 0.25) is 5.89 Å². The van der Waals surface area contributed by atoms with Crippen molar-refractivity contribution in [2.24, 2.45) is 7.05 Å². The molecule has 2 aromatic heterocycles. The molecule has 1 saturated carbocycles. The fraction of sp³-hybridized carbons (Fsp3) is 0.562. The first-order valence-corrected chi connectivity index (χ1v) is 7.62. The molecule has 5 nitrogen and oxygen atoms in total. The fourth-order valence-electron chi connectivity index (χ4n) is 2.43. The van der Waals surface area contributed by atoms with Crippen LogP contribution in [0.15, 0.2) is 22.6 Å². The molecule has 2 aromatic rings. The number of hydrogen-bond acceptors (Lipinski definition) is 4. The second-order valence-electron chi connectivity index (χ2n) is 5.47. The highest BCUT2D eigenvalue weighted by Gasteiger charge is 2.50. The standard InChI is InChI=1S/C14H17FN4O.C2H6/c1-8(2)14(5-6-14)13-17-16-12(20-13)10-7-11(9(3)15)19(4)18-10;1-2/h7,9H,1,5-6H2,2-4H3;1-2H3. The van der Waals surface area contributed by atoms with Gasteiger partial charge in [-0.25, -0.2) is 4.39 Å². The molecule has 22 heavy (non-hydrogen) atoms. The molecule has 1 aliphatic rings. The van der Waals surface area contributed by atoms with Gasteiger partial charge in [0.25, 0.3) is 5.89 Å². The van der Waals surface area contributed by atoms with Crippen molar-refractivity contribution in [1.82, 2.24) is 20.0 Å². The summed E-state index contributed by atoms with van der Waals surface area (Å²) in [5, 5.41) is 12.4. The Bertz CT molecular complexity index is 667. The van der Waals surface area contributed by atoms with E-state index in [1.165, 1.54) is 11.6 Å². The summed E-state index contributed by atoms with van der Waals surface area (Å²) >= 11 is 0. The monoisotopic (exact) mass is 306 g/mol. The quantitative estimate of drug-likeness (QED) is 0.797. The molecule has 0 bridgehead atoms. The molecule has 1 atom stereocenters. The van der Waals surface area contributed by atoms with Crippen LogP contribution < -0.4 is 0 Å². The van der Waals surface area contributed by atoms with Crippen molar-refractivity contribution in [1.29, 1.82) is 0 Å². The zero-order valence-corrected chi connectivity index (χ0v) is 13.9. The van der Waals surface area contributed by atoms with Crippen molar-refractivity contribution in [3.63, 3.8) is 0 Å². The molecule has 1 aliphatic carbocycles. The van der Waals surface area contributed by atoms with Gasteiger partial charge in [-0.3, -0.25) is 4.68 Å². The van der Waals surface area contributed by atoms with Gasteiger partial charge in [-0.15, -0.1) is 10.2 Å². The van der Waals surface area contributed by atoms with Crippen molar-refractivity contribution >= 4 is 0 Å².